The molecule has 2 N–H and O–H groups in total. The topological polar surface area (TPSA) is 102 Å². The van der Waals surface area contributed by atoms with Crippen molar-refractivity contribution in [1.82, 2.24) is 4.90 Å². The summed E-state index contributed by atoms with van der Waals surface area (Å²) in [5.74, 6) is -0.0121. The summed E-state index contributed by atoms with van der Waals surface area (Å²) in [5, 5.41) is 5.65. The fraction of sp³-hybridized carbons (Fsp3) is 0.200. The Morgan fingerprint density at radius 3 is 2.05 bits per heavy atom. The van der Waals surface area contributed by atoms with Gasteiger partial charge in [-0.2, -0.15) is 0 Å². The number of nitrogens with two attached hydrogens (primary N) is 1. The molecule has 3 aromatic carbocycles. The van der Waals surface area contributed by atoms with Crippen LogP contribution in [0.3, 0.4) is 0 Å². The van der Waals surface area contributed by atoms with Crippen LogP contribution in [0.25, 0.3) is 0 Å². The summed E-state index contributed by atoms with van der Waals surface area (Å²) >= 11 is 24.7. The van der Waals surface area contributed by atoms with Gasteiger partial charge in [0.15, 0.2) is 5.75 Å². The summed E-state index contributed by atoms with van der Waals surface area (Å²) < 4.78 is 30.9. The number of carbonyl (C=O) groups excluding carboxylic acids is 1. The quantitative estimate of drug-likeness (QED) is 0.245. The number of hydrogen-bond donors (Lipinski definition) is 1. The van der Waals surface area contributed by atoms with Crippen LogP contribution in [0.5, 0.6) is 5.75 Å². The second-order valence-corrected chi connectivity index (χ2v) is 11.3. The van der Waals surface area contributed by atoms with E-state index in [1.165, 1.54) is 4.90 Å². The number of amidine groups is 1. The number of primary sulfonamides is 1. The molecule has 1 amide bonds. The number of amides is 1. The first-order valence-electron chi connectivity index (χ1n) is 11.0. The van der Waals surface area contributed by atoms with Crippen molar-refractivity contribution in [2.45, 2.75) is 30.8 Å². The highest BCUT2D eigenvalue weighted by atomic mass is 35.5. The third kappa shape index (κ3) is 5.46. The van der Waals surface area contributed by atoms with Crippen LogP contribution in [0.1, 0.15) is 41.3 Å². The molecule has 1 aliphatic heterocycles. The van der Waals surface area contributed by atoms with Crippen molar-refractivity contribution in [1.29, 1.82) is 0 Å². The van der Waals surface area contributed by atoms with Crippen LogP contribution < -0.4 is 9.88 Å². The average molecular weight is 601 g/mol. The predicted octanol–water partition coefficient (Wildman–Crippen LogP) is 6.90. The molecular weight excluding hydrogens is 580 g/mol. The van der Waals surface area contributed by atoms with Crippen molar-refractivity contribution in [2.75, 3.05) is 6.61 Å². The fourth-order valence-corrected chi connectivity index (χ4v) is 6.03. The highest BCUT2D eigenvalue weighted by molar-refractivity contribution is 7.89. The van der Waals surface area contributed by atoms with Crippen molar-refractivity contribution >= 4 is 67.6 Å². The van der Waals surface area contributed by atoms with Crippen LogP contribution in [0.15, 0.2) is 64.5 Å². The molecule has 0 spiro atoms. The van der Waals surface area contributed by atoms with Gasteiger partial charge in [-0.15, -0.1) is 0 Å². The Balaban J connectivity index is 2.03. The standard InChI is InChI=1S/C25H21Cl4N3O4S/c1-3-36-22-18(12-13(2)19(28)23(22)37(30,34)35)24-31-20(14-4-8-16(26)9-5-14)21(32(24)25(29)33)15-6-10-17(27)11-7-15/h4-12,20-21H,3H2,1-2H3,(H2,30,34,35). The van der Waals surface area contributed by atoms with Gasteiger partial charge < -0.3 is 4.74 Å². The number of ether oxygens (including phenoxy) is 1. The SMILES string of the molecule is CCOc1c(C2=NC(c3ccc(Cl)cc3)C(c3ccc(Cl)cc3)N2C(=O)Cl)cc(C)c(Cl)c1S(N)(=O)=O. The van der Waals surface area contributed by atoms with E-state index in [0.29, 0.717) is 21.2 Å². The number of halogens is 4. The molecule has 1 aliphatic rings. The monoisotopic (exact) mass is 599 g/mol. The van der Waals surface area contributed by atoms with Gasteiger partial charge in [-0.05, 0) is 72.5 Å². The normalized spacial score (nSPS) is 17.6. The maximum Gasteiger partial charge on any atom is 0.322 e. The summed E-state index contributed by atoms with van der Waals surface area (Å²) in [7, 11) is -4.32. The Labute approximate surface area is 234 Å². The first-order chi connectivity index (χ1) is 17.4. The molecule has 0 saturated carbocycles. The Hall–Kier alpha value is -2.33. The molecule has 0 radical (unpaired) electrons. The van der Waals surface area contributed by atoms with Crippen molar-refractivity contribution in [3.63, 3.8) is 0 Å². The molecule has 2 atom stereocenters. The zero-order valence-corrected chi connectivity index (χ0v) is 23.4. The molecule has 2 unspecified atom stereocenters. The van der Waals surface area contributed by atoms with Crippen LogP contribution >= 0.6 is 46.4 Å². The van der Waals surface area contributed by atoms with Gasteiger partial charge in [-0.25, -0.2) is 13.6 Å². The van der Waals surface area contributed by atoms with Crippen molar-refractivity contribution < 1.29 is 17.9 Å². The molecule has 0 bridgehead atoms. The lowest BCUT2D eigenvalue weighted by Crippen LogP contribution is -2.35. The van der Waals surface area contributed by atoms with Gasteiger partial charge in [0.1, 0.15) is 16.8 Å². The van der Waals surface area contributed by atoms with Crippen LogP contribution in [-0.4, -0.2) is 31.1 Å². The Morgan fingerprint density at radius 2 is 1.57 bits per heavy atom. The van der Waals surface area contributed by atoms with Gasteiger partial charge in [-0.1, -0.05) is 59.1 Å². The van der Waals surface area contributed by atoms with E-state index in [4.69, 9.17) is 61.3 Å². The van der Waals surface area contributed by atoms with Gasteiger partial charge in [0, 0.05) is 10.0 Å². The summed E-state index contributed by atoms with van der Waals surface area (Å²) in [5.41, 5.74) is 2.05. The smallest absolute Gasteiger partial charge is 0.322 e. The molecule has 0 aliphatic carbocycles. The number of nitrogens with zero attached hydrogens (tertiary/aromatic N) is 2. The minimum Gasteiger partial charge on any atom is -0.492 e. The Bertz CT molecular complexity index is 1490. The molecule has 0 saturated heterocycles. The van der Waals surface area contributed by atoms with E-state index < -0.39 is 32.4 Å². The number of rotatable bonds is 6. The molecule has 0 fully saturated rings. The molecule has 194 valence electrons. The van der Waals surface area contributed by atoms with Crippen molar-refractivity contribution in [3.05, 3.63) is 91.9 Å². The van der Waals surface area contributed by atoms with Gasteiger partial charge in [0.25, 0.3) is 0 Å². The molecule has 3 aromatic rings. The fourth-order valence-electron chi connectivity index (χ4n) is 4.29. The molecule has 37 heavy (non-hydrogen) atoms. The lowest BCUT2D eigenvalue weighted by Gasteiger charge is -2.28. The molecule has 7 nitrogen and oxygen atoms in total. The largest absolute Gasteiger partial charge is 0.492 e. The summed E-state index contributed by atoms with van der Waals surface area (Å²) in [6.45, 7) is 3.39. The van der Waals surface area contributed by atoms with E-state index in [1.807, 2.05) is 0 Å². The number of benzene rings is 3. The second kappa shape index (κ2) is 10.8. The zero-order valence-electron chi connectivity index (χ0n) is 19.6. The third-order valence-electron chi connectivity index (χ3n) is 5.85. The zero-order chi connectivity index (χ0) is 27.1. The maximum absolute atomic E-state index is 13.0. The van der Waals surface area contributed by atoms with E-state index in [9.17, 15) is 13.2 Å². The van der Waals surface area contributed by atoms with Crippen LogP contribution in [0.4, 0.5) is 4.79 Å². The van der Waals surface area contributed by atoms with Crippen LogP contribution in [0, 0.1) is 6.92 Å². The Morgan fingerprint density at radius 1 is 1.03 bits per heavy atom. The van der Waals surface area contributed by atoms with Crippen LogP contribution in [0.2, 0.25) is 15.1 Å². The summed E-state index contributed by atoms with van der Waals surface area (Å²) in [6, 6.07) is 14.2. The minimum absolute atomic E-state index is 0.0828. The second-order valence-electron chi connectivity index (χ2n) is 8.26. The summed E-state index contributed by atoms with van der Waals surface area (Å²) in [4.78, 5) is 18.7. The van der Waals surface area contributed by atoms with Gasteiger partial charge >= 0.3 is 5.37 Å². The predicted molar refractivity (Wildman–Crippen MR) is 147 cm³/mol. The maximum atomic E-state index is 13.0. The molecule has 4 rings (SSSR count). The Kier molecular flexibility index (Phi) is 8.09. The minimum atomic E-state index is -4.32. The molecular formula is C25H21Cl4N3O4S. The first kappa shape index (κ1) is 27.7. The first-order valence-corrected chi connectivity index (χ1v) is 14.1. The van der Waals surface area contributed by atoms with Gasteiger partial charge in [0.05, 0.1) is 23.2 Å². The molecule has 12 heteroatoms. The third-order valence-corrected chi connectivity index (χ3v) is 8.09. The van der Waals surface area contributed by atoms with E-state index in [-0.39, 0.29) is 28.8 Å². The van der Waals surface area contributed by atoms with Gasteiger partial charge in [0.2, 0.25) is 10.0 Å². The van der Waals surface area contributed by atoms with E-state index in [0.717, 1.165) is 5.56 Å². The van der Waals surface area contributed by atoms with E-state index >= 15 is 0 Å². The molecule has 1 heterocycles. The van der Waals surface area contributed by atoms with Crippen LogP contribution in [-0.2, 0) is 10.0 Å². The summed E-state index contributed by atoms with van der Waals surface area (Å²) in [6.07, 6.45) is 0. The highest BCUT2D eigenvalue weighted by Gasteiger charge is 2.43. The van der Waals surface area contributed by atoms with Crippen molar-refractivity contribution in [2.24, 2.45) is 10.1 Å². The number of aryl methyl sites for hydroxylation is 1. The highest BCUT2D eigenvalue weighted by Crippen LogP contribution is 2.47. The van der Waals surface area contributed by atoms with E-state index in [1.54, 1.807) is 68.4 Å². The number of aliphatic imine (C=N–C) groups is 1. The number of carbonyl (C=O) groups is 1. The lowest BCUT2D eigenvalue weighted by molar-refractivity contribution is 0.231. The molecule has 0 aromatic heterocycles. The number of sulfonamides is 1. The van der Waals surface area contributed by atoms with Crippen molar-refractivity contribution in [3.8, 4) is 5.75 Å². The van der Waals surface area contributed by atoms with E-state index in [2.05, 4.69) is 0 Å². The number of hydrogen-bond acceptors (Lipinski definition) is 5. The lowest BCUT2D eigenvalue weighted by atomic mass is 9.94. The van der Waals surface area contributed by atoms with Gasteiger partial charge in [-0.3, -0.25) is 14.7 Å². The average Bonchev–Trinajstić information content (AvgIpc) is 3.22.